The van der Waals surface area contributed by atoms with Gasteiger partial charge in [0.1, 0.15) is 18.1 Å². The lowest BCUT2D eigenvalue weighted by Crippen LogP contribution is -2.23. The molecule has 1 aromatic carbocycles. The Bertz CT molecular complexity index is 828. The number of nitrogens with zero attached hydrogens (tertiary/aromatic N) is 3. The van der Waals surface area contributed by atoms with Crippen LogP contribution in [0.1, 0.15) is 33.4 Å². The Morgan fingerprint density at radius 2 is 1.39 bits per heavy atom. The molecule has 12 heteroatoms. The highest BCUT2D eigenvalue weighted by atomic mass is 31.2. The molecule has 0 atom stereocenters. The van der Waals surface area contributed by atoms with E-state index < -0.39 is 20.6 Å². The molecule has 0 saturated heterocycles. The first-order valence-corrected chi connectivity index (χ1v) is 13.5. The molecule has 0 fully saturated rings. The van der Waals surface area contributed by atoms with Crippen molar-refractivity contribution in [2.24, 2.45) is 0 Å². The molecule has 0 aliphatic carbocycles. The first-order valence-electron chi connectivity index (χ1n) is 10.2. The maximum absolute atomic E-state index is 13.6. The average molecular weight is 475 g/mol. The minimum absolute atomic E-state index is 0.0904. The largest absolute Gasteiger partial charge is 0.487 e. The normalized spacial score (nSPS) is 12.4. The fourth-order valence-electron chi connectivity index (χ4n) is 2.85. The molecule has 0 unspecified atom stereocenters. The van der Waals surface area contributed by atoms with Gasteiger partial charge in [0.25, 0.3) is 0 Å². The molecule has 0 saturated carbocycles. The lowest BCUT2D eigenvalue weighted by Gasteiger charge is -2.31. The second kappa shape index (κ2) is 12.5. The summed E-state index contributed by atoms with van der Waals surface area (Å²) < 4.78 is 56.1. The van der Waals surface area contributed by atoms with Crippen LogP contribution in [0.5, 0.6) is 5.75 Å². The fraction of sp³-hybridized carbons (Fsp3) is 0.579. The molecule has 0 radical (unpaired) electrons. The van der Waals surface area contributed by atoms with Crippen molar-refractivity contribution in [3.05, 3.63) is 42.2 Å². The van der Waals surface area contributed by atoms with Crippen molar-refractivity contribution < 1.29 is 32.0 Å². The van der Waals surface area contributed by atoms with Crippen molar-refractivity contribution >= 4 is 15.2 Å². The topological polar surface area (TPSA) is 111 Å². The maximum Gasteiger partial charge on any atom is 0.347 e. The molecule has 174 valence electrons. The van der Waals surface area contributed by atoms with Gasteiger partial charge in [-0.2, -0.15) is 0 Å². The molecule has 31 heavy (non-hydrogen) atoms. The zero-order valence-corrected chi connectivity index (χ0v) is 20.2. The van der Waals surface area contributed by atoms with E-state index >= 15 is 0 Å². The number of ether oxygens (including phenoxy) is 1. The van der Waals surface area contributed by atoms with Gasteiger partial charge in [-0.3, -0.25) is 13.8 Å². The van der Waals surface area contributed by atoms with Crippen LogP contribution in [0.3, 0.4) is 0 Å². The number of hydrogen-bond donors (Lipinski definition) is 0. The summed E-state index contributed by atoms with van der Waals surface area (Å²) in [5.41, 5.74) is 0.549. The van der Waals surface area contributed by atoms with Gasteiger partial charge in [-0.25, -0.2) is 0 Å². The van der Waals surface area contributed by atoms with Crippen LogP contribution in [0.4, 0.5) is 0 Å². The zero-order chi connectivity index (χ0) is 22.7. The van der Waals surface area contributed by atoms with Crippen LogP contribution in [0, 0.1) is 0 Å². The van der Waals surface area contributed by atoms with Gasteiger partial charge in [-0.1, -0.05) is 23.4 Å². The Morgan fingerprint density at radius 3 is 1.87 bits per heavy atom. The predicted octanol–water partition coefficient (Wildman–Crippen LogP) is 4.72. The van der Waals surface area contributed by atoms with E-state index in [0.29, 0.717) is 11.4 Å². The van der Waals surface area contributed by atoms with Crippen LogP contribution in [-0.2, 0) is 40.4 Å². The summed E-state index contributed by atoms with van der Waals surface area (Å²) in [6.45, 7) is 7.28. The van der Waals surface area contributed by atoms with Crippen molar-refractivity contribution in [1.29, 1.82) is 0 Å². The number of aromatic nitrogens is 3. The van der Waals surface area contributed by atoms with Gasteiger partial charge >= 0.3 is 15.2 Å². The molecule has 2 rings (SSSR count). The second-order valence-electron chi connectivity index (χ2n) is 6.27. The summed E-state index contributed by atoms with van der Waals surface area (Å²) in [7, 11) is -7.73. The van der Waals surface area contributed by atoms with Gasteiger partial charge in [0.15, 0.2) is 5.40 Å². The van der Waals surface area contributed by atoms with E-state index in [1.165, 1.54) is 4.68 Å². The van der Waals surface area contributed by atoms with Gasteiger partial charge in [-0.05, 0) is 39.8 Å². The van der Waals surface area contributed by atoms with Crippen molar-refractivity contribution in [2.75, 3.05) is 26.4 Å². The molecule has 0 spiro atoms. The van der Waals surface area contributed by atoms with E-state index in [-0.39, 0.29) is 39.6 Å². The molecular weight excluding hydrogens is 444 g/mol. The molecule has 0 amide bonds. The van der Waals surface area contributed by atoms with Gasteiger partial charge in [0, 0.05) is 0 Å². The summed E-state index contributed by atoms with van der Waals surface area (Å²) in [4.78, 5) is 0. The molecule has 1 heterocycles. The smallest absolute Gasteiger partial charge is 0.347 e. The molecule has 0 aliphatic heterocycles. The molecule has 0 bridgehead atoms. The second-order valence-corrected chi connectivity index (χ2v) is 11.1. The minimum Gasteiger partial charge on any atom is -0.487 e. The minimum atomic E-state index is -3.86. The van der Waals surface area contributed by atoms with Gasteiger partial charge in [0.05, 0.1) is 39.2 Å². The Kier molecular flexibility index (Phi) is 10.4. The Balaban J connectivity index is 2.27. The Morgan fingerprint density at radius 1 is 0.871 bits per heavy atom. The monoisotopic (exact) mass is 475 g/mol. The van der Waals surface area contributed by atoms with Gasteiger partial charge < -0.3 is 22.8 Å². The van der Waals surface area contributed by atoms with E-state index in [1.807, 2.05) is 30.3 Å². The van der Waals surface area contributed by atoms with E-state index in [9.17, 15) is 9.13 Å². The van der Waals surface area contributed by atoms with Crippen molar-refractivity contribution in [3.63, 3.8) is 0 Å². The lowest BCUT2D eigenvalue weighted by molar-refractivity contribution is 0.191. The van der Waals surface area contributed by atoms with Gasteiger partial charge in [-0.15, -0.1) is 5.10 Å². The molecule has 10 nitrogen and oxygen atoms in total. The molecule has 1 aromatic heterocycles. The molecule has 2 aromatic rings. The van der Waals surface area contributed by atoms with Crippen molar-refractivity contribution in [1.82, 2.24) is 15.0 Å². The third kappa shape index (κ3) is 7.24. The van der Waals surface area contributed by atoms with Gasteiger partial charge in [0.2, 0.25) is 0 Å². The van der Waals surface area contributed by atoms with E-state index in [2.05, 4.69) is 10.3 Å². The average Bonchev–Trinajstić information content (AvgIpc) is 3.19. The maximum atomic E-state index is 13.6. The standard InChI is InChI=1S/C19H31N3O7P2/c1-5-26-30(23,27-6-2)19(31(24,28-7-3)29-8-4)15-22-14-17(20-21-22)16-25-18-12-10-9-11-13-18/h9-14,19H,5-8,15-16H2,1-4H3. The SMILES string of the molecule is CCOP(=O)(OCC)C(Cn1cc(COc2ccccc2)nn1)P(=O)(OCC)OCC. The summed E-state index contributed by atoms with van der Waals surface area (Å²) in [6.07, 6.45) is 1.63. The Labute approximate surface area is 183 Å². The summed E-state index contributed by atoms with van der Waals surface area (Å²) in [5.74, 6) is 0.698. The zero-order valence-electron chi connectivity index (χ0n) is 18.4. The predicted molar refractivity (Wildman–Crippen MR) is 116 cm³/mol. The van der Waals surface area contributed by atoms with Crippen LogP contribution in [-0.4, -0.2) is 46.8 Å². The quantitative estimate of drug-likeness (QED) is 0.338. The van der Waals surface area contributed by atoms with Crippen LogP contribution in [0.25, 0.3) is 0 Å². The number of para-hydroxylation sites is 1. The lowest BCUT2D eigenvalue weighted by atomic mass is 10.3. The van der Waals surface area contributed by atoms with Crippen molar-refractivity contribution in [3.8, 4) is 5.75 Å². The van der Waals surface area contributed by atoms with Crippen molar-refractivity contribution in [2.45, 2.75) is 46.2 Å². The molecule has 0 aliphatic rings. The van der Waals surface area contributed by atoms with Crippen LogP contribution >= 0.6 is 15.2 Å². The Hall–Kier alpha value is -1.54. The number of rotatable bonds is 15. The summed E-state index contributed by atoms with van der Waals surface area (Å²) >= 11 is 0. The van der Waals surface area contributed by atoms with Crippen LogP contribution in [0.15, 0.2) is 36.5 Å². The third-order valence-electron chi connectivity index (χ3n) is 4.03. The molecule has 0 N–H and O–H groups in total. The first-order chi connectivity index (χ1) is 14.9. The number of benzene rings is 1. The fourth-order valence-corrected chi connectivity index (χ4v) is 8.04. The highest BCUT2D eigenvalue weighted by Crippen LogP contribution is 2.70. The third-order valence-corrected chi connectivity index (χ3v) is 9.99. The first kappa shape index (κ1) is 25.7. The summed E-state index contributed by atoms with van der Waals surface area (Å²) in [5, 5.41) is 6.93. The molecular formula is C19H31N3O7P2. The van der Waals surface area contributed by atoms with E-state index in [0.717, 1.165) is 0 Å². The van der Waals surface area contributed by atoms with E-state index in [1.54, 1.807) is 33.9 Å². The highest BCUT2D eigenvalue weighted by molar-refractivity contribution is 7.72. The van der Waals surface area contributed by atoms with Crippen LogP contribution in [0.2, 0.25) is 0 Å². The summed E-state index contributed by atoms with van der Waals surface area (Å²) in [6, 6.07) is 9.31. The number of hydrogen-bond acceptors (Lipinski definition) is 9. The van der Waals surface area contributed by atoms with E-state index in [4.69, 9.17) is 22.8 Å². The van der Waals surface area contributed by atoms with Crippen LogP contribution < -0.4 is 4.74 Å². The highest BCUT2D eigenvalue weighted by Gasteiger charge is 2.51.